The van der Waals surface area contributed by atoms with Crippen molar-refractivity contribution in [3.05, 3.63) is 81.8 Å². The third kappa shape index (κ3) is 2.73. The fourth-order valence-corrected chi connectivity index (χ4v) is 2.96. The molecule has 128 valence electrons. The standard InChI is InChI=1S/C21H16N2O3/c1-12-7-8-17-14(9-12)10-15(11-22-17)23-21(25)20-13(2)19(24)16-5-3-4-6-18(16)26-20/h3-11H,1-2H3,(H,23,25). The van der Waals surface area contributed by atoms with Crippen LogP contribution in [0, 0.1) is 13.8 Å². The zero-order valence-electron chi connectivity index (χ0n) is 14.4. The summed E-state index contributed by atoms with van der Waals surface area (Å²) in [6.07, 6.45) is 1.59. The molecule has 4 rings (SSSR count). The molecule has 2 aromatic heterocycles. The first kappa shape index (κ1) is 16.0. The molecule has 5 heteroatoms. The summed E-state index contributed by atoms with van der Waals surface area (Å²) in [5.74, 6) is -0.461. The number of aryl methyl sites for hydroxylation is 1. The van der Waals surface area contributed by atoms with E-state index in [-0.39, 0.29) is 16.8 Å². The number of carbonyl (C=O) groups excluding carboxylic acids is 1. The number of carbonyl (C=O) groups is 1. The fourth-order valence-electron chi connectivity index (χ4n) is 2.96. The van der Waals surface area contributed by atoms with Gasteiger partial charge in [0.25, 0.3) is 5.91 Å². The van der Waals surface area contributed by atoms with Gasteiger partial charge in [-0.05, 0) is 44.2 Å². The summed E-state index contributed by atoms with van der Waals surface area (Å²) in [4.78, 5) is 29.5. The van der Waals surface area contributed by atoms with Crippen molar-refractivity contribution in [2.75, 3.05) is 5.32 Å². The topological polar surface area (TPSA) is 72.2 Å². The van der Waals surface area contributed by atoms with Crippen molar-refractivity contribution in [3.63, 3.8) is 0 Å². The lowest BCUT2D eigenvalue weighted by atomic mass is 10.1. The average molecular weight is 344 g/mol. The fraction of sp³-hybridized carbons (Fsp3) is 0.0952. The summed E-state index contributed by atoms with van der Waals surface area (Å²) in [5.41, 5.74) is 2.97. The number of aromatic nitrogens is 1. The van der Waals surface area contributed by atoms with Crippen LogP contribution in [0.25, 0.3) is 21.9 Å². The van der Waals surface area contributed by atoms with Crippen molar-refractivity contribution in [2.24, 2.45) is 0 Å². The summed E-state index contributed by atoms with van der Waals surface area (Å²) in [6.45, 7) is 3.59. The third-order valence-corrected chi connectivity index (χ3v) is 4.33. The number of nitrogens with zero attached hydrogens (tertiary/aromatic N) is 1. The third-order valence-electron chi connectivity index (χ3n) is 4.33. The van der Waals surface area contributed by atoms with E-state index < -0.39 is 5.91 Å². The maximum Gasteiger partial charge on any atom is 0.291 e. The van der Waals surface area contributed by atoms with Crippen molar-refractivity contribution < 1.29 is 9.21 Å². The van der Waals surface area contributed by atoms with Gasteiger partial charge in [0.05, 0.1) is 22.8 Å². The maximum absolute atomic E-state index is 12.7. The molecule has 5 nitrogen and oxygen atoms in total. The van der Waals surface area contributed by atoms with Crippen LogP contribution in [-0.4, -0.2) is 10.9 Å². The minimum absolute atomic E-state index is 0.0121. The Balaban J connectivity index is 1.73. The first-order valence-corrected chi connectivity index (χ1v) is 8.23. The number of hydrogen-bond donors (Lipinski definition) is 1. The van der Waals surface area contributed by atoms with Gasteiger partial charge in [-0.1, -0.05) is 23.8 Å². The molecule has 0 aliphatic carbocycles. The van der Waals surface area contributed by atoms with Crippen LogP contribution >= 0.6 is 0 Å². The maximum atomic E-state index is 12.7. The Labute approximate surface area is 149 Å². The van der Waals surface area contributed by atoms with E-state index in [4.69, 9.17) is 4.42 Å². The van der Waals surface area contributed by atoms with Gasteiger partial charge in [0, 0.05) is 10.9 Å². The lowest BCUT2D eigenvalue weighted by molar-refractivity contribution is 0.0996. The van der Waals surface area contributed by atoms with Crippen molar-refractivity contribution in [2.45, 2.75) is 13.8 Å². The zero-order valence-corrected chi connectivity index (χ0v) is 14.4. The molecule has 0 unspecified atom stereocenters. The first-order valence-electron chi connectivity index (χ1n) is 8.23. The van der Waals surface area contributed by atoms with Gasteiger partial charge < -0.3 is 9.73 Å². The van der Waals surface area contributed by atoms with Crippen LogP contribution in [0.1, 0.15) is 21.7 Å². The summed E-state index contributed by atoms with van der Waals surface area (Å²) >= 11 is 0. The Bertz CT molecular complexity index is 1230. The number of pyridine rings is 1. The Kier molecular flexibility index (Phi) is 3.77. The number of benzene rings is 2. The molecule has 0 spiro atoms. The van der Waals surface area contributed by atoms with E-state index in [1.807, 2.05) is 31.2 Å². The van der Waals surface area contributed by atoms with Gasteiger partial charge in [0.2, 0.25) is 0 Å². The van der Waals surface area contributed by atoms with Crippen LogP contribution in [0.2, 0.25) is 0 Å². The molecule has 0 bridgehead atoms. The Hall–Kier alpha value is -3.47. The van der Waals surface area contributed by atoms with Crippen LogP contribution < -0.4 is 10.7 Å². The second kappa shape index (κ2) is 6.11. The monoisotopic (exact) mass is 344 g/mol. The highest BCUT2D eigenvalue weighted by Crippen LogP contribution is 2.20. The van der Waals surface area contributed by atoms with E-state index in [2.05, 4.69) is 10.3 Å². The van der Waals surface area contributed by atoms with Crippen LogP contribution in [0.3, 0.4) is 0 Å². The molecule has 0 radical (unpaired) electrons. The lowest BCUT2D eigenvalue weighted by Gasteiger charge is -2.09. The highest BCUT2D eigenvalue weighted by molar-refractivity contribution is 6.04. The molecule has 0 atom stereocenters. The highest BCUT2D eigenvalue weighted by Gasteiger charge is 2.17. The zero-order chi connectivity index (χ0) is 18.3. The minimum Gasteiger partial charge on any atom is -0.450 e. The van der Waals surface area contributed by atoms with Gasteiger partial charge in [0.15, 0.2) is 11.2 Å². The normalized spacial score (nSPS) is 11.0. The number of amides is 1. The van der Waals surface area contributed by atoms with Gasteiger partial charge in [0.1, 0.15) is 5.58 Å². The summed E-state index contributed by atoms with van der Waals surface area (Å²) < 4.78 is 5.68. The van der Waals surface area contributed by atoms with Crippen LogP contribution in [0.5, 0.6) is 0 Å². The predicted octanol–water partition coefficient (Wildman–Crippen LogP) is 4.21. The van der Waals surface area contributed by atoms with Crippen molar-refractivity contribution in [3.8, 4) is 0 Å². The second-order valence-electron chi connectivity index (χ2n) is 6.26. The SMILES string of the molecule is Cc1ccc2ncc(NC(=O)c3oc4ccccc4c(=O)c3C)cc2c1. The van der Waals surface area contributed by atoms with Crippen LogP contribution in [0.15, 0.2) is 63.9 Å². The number of hydrogen-bond acceptors (Lipinski definition) is 4. The molecular weight excluding hydrogens is 328 g/mol. The minimum atomic E-state index is -0.473. The van der Waals surface area contributed by atoms with Crippen molar-refractivity contribution in [1.82, 2.24) is 4.98 Å². The molecular formula is C21H16N2O3. The quantitative estimate of drug-likeness (QED) is 0.591. The highest BCUT2D eigenvalue weighted by atomic mass is 16.3. The molecule has 0 aliphatic heterocycles. The van der Waals surface area contributed by atoms with Gasteiger partial charge in [-0.2, -0.15) is 0 Å². The molecule has 2 heterocycles. The number of para-hydroxylation sites is 1. The molecule has 0 saturated carbocycles. The van der Waals surface area contributed by atoms with Crippen molar-refractivity contribution in [1.29, 1.82) is 0 Å². The van der Waals surface area contributed by atoms with E-state index in [0.29, 0.717) is 16.7 Å². The molecule has 1 N–H and O–H groups in total. The van der Waals surface area contributed by atoms with E-state index >= 15 is 0 Å². The van der Waals surface area contributed by atoms with Gasteiger partial charge >= 0.3 is 0 Å². The van der Waals surface area contributed by atoms with E-state index in [9.17, 15) is 9.59 Å². The van der Waals surface area contributed by atoms with E-state index in [1.54, 1.807) is 37.4 Å². The van der Waals surface area contributed by atoms with Crippen LogP contribution in [-0.2, 0) is 0 Å². The molecule has 1 amide bonds. The number of fused-ring (bicyclic) bond motifs is 2. The summed E-state index contributed by atoms with van der Waals surface area (Å²) in [7, 11) is 0. The largest absolute Gasteiger partial charge is 0.450 e. The Morgan fingerprint density at radius 2 is 1.88 bits per heavy atom. The smallest absolute Gasteiger partial charge is 0.291 e. The predicted molar refractivity (Wildman–Crippen MR) is 102 cm³/mol. The molecule has 0 aliphatic rings. The van der Waals surface area contributed by atoms with Crippen molar-refractivity contribution >= 4 is 33.5 Å². The average Bonchev–Trinajstić information content (AvgIpc) is 2.64. The van der Waals surface area contributed by atoms with Gasteiger partial charge in [-0.3, -0.25) is 14.6 Å². The number of rotatable bonds is 2. The second-order valence-corrected chi connectivity index (χ2v) is 6.26. The Morgan fingerprint density at radius 3 is 2.73 bits per heavy atom. The molecule has 0 fully saturated rings. The summed E-state index contributed by atoms with van der Waals surface area (Å²) in [5, 5.41) is 4.16. The number of anilines is 1. The first-order chi connectivity index (χ1) is 12.5. The lowest BCUT2D eigenvalue weighted by Crippen LogP contribution is -2.18. The van der Waals surface area contributed by atoms with E-state index in [1.165, 1.54) is 0 Å². The van der Waals surface area contributed by atoms with Crippen LogP contribution in [0.4, 0.5) is 5.69 Å². The van der Waals surface area contributed by atoms with E-state index in [0.717, 1.165) is 16.5 Å². The molecule has 26 heavy (non-hydrogen) atoms. The summed E-state index contributed by atoms with van der Waals surface area (Å²) in [6, 6.07) is 14.7. The van der Waals surface area contributed by atoms with Gasteiger partial charge in [-0.25, -0.2) is 0 Å². The van der Waals surface area contributed by atoms with Gasteiger partial charge in [-0.15, -0.1) is 0 Å². The molecule has 0 saturated heterocycles. The Morgan fingerprint density at radius 1 is 1.08 bits per heavy atom. The molecule has 4 aromatic rings. The number of nitrogens with one attached hydrogen (secondary N) is 1. The molecule has 2 aromatic carbocycles.